The van der Waals surface area contributed by atoms with E-state index >= 15 is 0 Å². The SMILES string of the molecule is Cc1ccccc1NC(=O)C(=O)N/N=C\c1ccc(OCC(=O)Nc2c(C)cccc2C)cc1. The highest BCUT2D eigenvalue weighted by Crippen LogP contribution is 2.19. The third kappa shape index (κ3) is 6.77. The van der Waals surface area contributed by atoms with Gasteiger partial charge in [0, 0.05) is 11.4 Å². The number of carbonyl (C=O) groups excluding carboxylic acids is 3. The smallest absolute Gasteiger partial charge is 0.329 e. The fraction of sp³-hybridized carbons (Fsp3) is 0.154. The maximum Gasteiger partial charge on any atom is 0.329 e. The molecule has 0 unspecified atom stereocenters. The summed E-state index contributed by atoms with van der Waals surface area (Å²) in [6, 6.07) is 19.7. The van der Waals surface area contributed by atoms with Gasteiger partial charge in [0.05, 0.1) is 6.21 Å². The van der Waals surface area contributed by atoms with Gasteiger partial charge in [-0.3, -0.25) is 14.4 Å². The number of amides is 3. The predicted molar refractivity (Wildman–Crippen MR) is 132 cm³/mol. The van der Waals surface area contributed by atoms with Crippen LogP contribution in [0.4, 0.5) is 11.4 Å². The van der Waals surface area contributed by atoms with Crippen molar-refractivity contribution in [1.82, 2.24) is 5.43 Å². The molecule has 174 valence electrons. The van der Waals surface area contributed by atoms with Gasteiger partial charge >= 0.3 is 11.8 Å². The molecule has 0 bridgehead atoms. The number of para-hydroxylation sites is 2. The number of ether oxygens (including phenoxy) is 1. The Morgan fingerprint density at radius 3 is 2.12 bits per heavy atom. The Bertz CT molecular complexity index is 1200. The molecule has 3 aromatic carbocycles. The van der Waals surface area contributed by atoms with Crippen LogP contribution in [0.5, 0.6) is 5.75 Å². The molecule has 34 heavy (non-hydrogen) atoms. The van der Waals surface area contributed by atoms with Crippen LogP contribution in [0.2, 0.25) is 0 Å². The summed E-state index contributed by atoms with van der Waals surface area (Å²) in [5.41, 5.74) is 7.03. The maximum atomic E-state index is 12.2. The largest absolute Gasteiger partial charge is 0.484 e. The number of nitrogens with zero attached hydrogens (tertiary/aromatic N) is 1. The van der Waals surface area contributed by atoms with E-state index in [0.717, 1.165) is 22.4 Å². The van der Waals surface area contributed by atoms with Gasteiger partial charge < -0.3 is 15.4 Å². The first-order valence-electron chi connectivity index (χ1n) is 10.6. The van der Waals surface area contributed by atoms with Crippen molar-refractivity contribution in [3.8, 4) is 5.75 Å². The summed E-state index contributed by atoms with van der Waals surface area (Å²) in [6.45, 7) is 5.56. The van der Waals surface area contributed by atoms with Crippen molar-refractivity contribution in [2.75, 3.05) is 17.2 Å². The maximum absolute atomic E-state index is 12.2. The molecular formula is C26H26N4O4. The lowest BCUT2D eigenvalue weighted by Crippen LogP contribution is -2.32. The van der Waals surface area contributed by atoms with Gasteiger partial charge in [0.2, 0.25) is 0 Å². The summed E-state index contributed by atoms with van der Waals surface area (Å²) in [4.78, 5) is 36.1. The molecule has 0 aromatic heterocycles. The Balaban J connectivity index is 1.46. The number of hydrazone groups is 1. The van der Waals surface area contributed by atoms with Gasteiger partial charge in [-0.1, -0.05) is 36.4 Å². The summed E-state index contributed by atoms with van der Waals surface area (Å²) >= 11 is 0. The molecule has 3 aromatic rings. The quantitative estimate of drug-likeness (QED) is 0.285. The Kier molecular flexibility index (Phi) is 8.12. The molecule has 0 radical (unpaired) electrons. The highest BCUT2D eigenvalue weighted by atomic mass is 16.5. The summed E-state index contributed by atoms with van der Waals surface area (Å²) in [7, 11) is 0. The summed E-state index contributed by atoms with van der Waals surface area (Å²) < 4.78 is 5.54. The van der Waals surface area contributed by atoms with Crippen LogP contribution in [0.1, 0.15) is 22.3 Å². The first-order valence-corrected chi connectivity index (χ1v) is 10.6. The molecule has 0 spiro atoms. The molecule has 0 heterocycles. The predicted octanol–water partition coefficient (Wildman–Crippen LogP) is 3.72. The van der Waals surface area contributed by atoms with Crippen molar-refractivity contribution in [2.45, 2.75) is 20.8 Å². The van der Waals surface area contributed by atoms with E-state index < -0.39 is 11.8 Å². The van der Waals surface area contributed by atoms with E-state index in [0.29, 0.717) is 17.0 Å². The number of hydrogen-bond donors (Lipinski definition) is 3. The van der Waals surface area contributed by atoms with E-state index in [9.17, 15) is 14.4 Å². The second kappa shape index (κ2) is 11.4. The van der Waals surface area contributed by atoms with E-state index in [2.05, 4.69) is 21.2 Å². The molecule has 0 aliphatic heterocycles. The number of rotatable bonds is 7. The monoisotopic (exact) mass is 458 g/mol. The molecule has 0 saturated carbocycles. The number of benzene rings is 3. The Labute approximate surface area is 198 Å². The molecule has 3 N–H and O–H groups in total. The van der Waals surface area contributed by atoms with Crippen molar-refractivity contribution in [3.63, 3.8) is 0 Å². The van der Waals surface area contributed by atoms with E-state index in [4.69, 9.17) is 4.74 Å². The van der Waals surface area contributed by atoms with Crippen LogP contribution in [0, 0.1) is 20.8 Å². The van der Waals surface area contributed by atoms with Crippen molar-refractivity contribution in [2.24, 2.45) is 5.10 Å². The summed E-state index contributed by atoms with van der Waals surface area (Å²) in [5, 5.41) is 9.21. The highest BCUT2D eigenvalue weighted by molar-refractivity contribution is 6.39. The van der Waals surface area contributed by atoms with Gasteiger partial charge in [0.1, 0.15) is 5.75 Å². The van der Waals surface area contributed by atoms with Crippen molar-refractivity contribution in [1.29, 1.82) is 0 Å². The summed E-state index contributed by atoms with van der Waals surface area (Å²) in [5.74, 6) is -1.44. The lowest BCUT2D eigenvalue weighted by atomic mass is 10.1. The van der Waals surface area contributed by atoms with Crippen LogP contribution in [0.25, 0.3) is 0 Å². The van der Waals surface area contributed by atoms with Crippen molar-refractivity contribution in [3.05, 3.63) is 89.0 Å². The van der Waals surface area contributed by atoms with Crippen LogP contribution in [0.3, 0.4) is 0 Å². The van der Waals surface area contributed by atoms with Gasteiger partial charge in [0.15, 0.2) is 6.61 Å². The Morgan fingerprint density at radius 2 is 1.44 bits per heavy atom. The highest BCUT2D eigenvalue weighted by Gasteiger charge is 2.13. The van der Waals surface area contributed by atoms with Crippen LogP contribution < -0.4 is 20.8 Å². The fourth-order valence-electron chi connectivity index (χ4n) is 3.09. The van der Waals surface area contributed by atoms with E-state index in [-0.39, 0.29) is 12.5 Å². The molecule has 8 heteroatoms. The number of carbonyl (C=O) groups is 3. The molecule has 0 atom stereocenters. The minimum Gasteiger partial charge on any atom is -0.484 e. The fourth-order valence-corrected chi connectivity index (χ4v) is 3.09. The van der Waals surface area contributed by atoms with Crippen molar-refractivity contribution < 1.29 is 19.1 Å². The molecule has 8 nitrogen and oxygen atoms in total. The minimum atomic E-state index is -0.880. The standard InChI is InChI=1S/C26H26N4O4/c1-17-7-4-5-10-22(17)28-25(32)26(33)30-27-15-20-11-13-21(14-12-20)34-16-23(31)29-24-18(2)8-6-9-19(24)3/h4-15H,16H2,1-3H3,(H,28,32)(H,29,31)(H,30,33)/b27-15-. The zero-order valence-corrected chi connectivity index (χ0v) is 19.2. The number of hydrogen-bond acceptors (Lipinski definition) is 5. The number of nitrogens with one attached hydrogen (secondary N) is 3. The third-order valence-corrected chi connectivity index (χ3v) is 4.97. The molecule has 0 aliphatic rings. The average Bonchev–Trinajstić information content (AvgIpc) is 2.82. The molecule has 0 fully saturated rings. The van der Waals surface area contributed by atoms with E-state index in [1.54, 1.807) is 36.4 Å². The normalized spacial score (nSPS) is 10.6. The first-order chi connectivity index (χ1) is 16.3. The first kappa shape index (κ1) is 24.2. The van der Waals surface area contributed by atoms with E-state index in [1.807, 2.05) is 51.1 Å². The molecular weight excluding hydrogens is 432 g/mol. The lowest BCUT2D eigenvalue weighted by Gasteiger charge is -2.12. The van der Waals surface area contributed by atoms with Crippen LogP contribution in [-0.2, 0) is 14.4 Å². The molecule has 0 aliphatic carbocycles. The minimum absolute atomic E-state index is 0.132. The number of aryl methyl sites for hydroxylation is 3. The molecule has 3 amide bonds. The van der Waals surface area contributed by atoms with Crippen LogP contribution >= 0.6 is 0 Å². The third-order valence-electron chi connectivity index (χ3n) is 4.97. The average molecular weight is 459 g/mol. The van der Waals surface area contributed by atoms with Gasteiger partial charge in [-0.15, -0.1) is 0 Å². The summed E-state index contributed by atoms with van der Waals surface area (Å²) in [6.07, 6.45) is 1.40. The Morgan fingerprint density at radius 1 is 0.794 bits per heavy atom. The molecule has 3 rings (SSSR count). The van der Waals surface area contributed by atoms with Crippen LogP contribution in [0.15, 0.2) is 71.8 Å². The topological polar surface area (TPSA) is 109 Å². The second-order valence-corrected chi connectivity index (χ2v) is 7.64. The zero-order chi connectivity index (χ0) is 24.5. The van der Waals surface area contributed by atoms with Gasteiger partial charge in [0.25, 0.3) is 5.91 Å². The zero-order valence-electron chi connectivity index (χ0n) is 19.2. The van der Waals surface area contributed by atoms with E-state index in [1.165, 1.54) is 6.21 Å². The second-order valence-electron chi connectivity index (χ2n) is 7.64. The van der Waals surface area contributed by atoms with Crippen molar-refractivity contribution >= 4 is 35.3 Å². The molecule has 0 saturated heterocycles. The Hall–Kier alpha value is -4.46. The van der Waals surface area contributed by atoms with Gasteiger partial charge in [-0.2, -0.15) is 5.10 Å². The number of anilines is 2. The van der Waals surface area contributed by atoms with Gasteiger partial charge in [-0.05, 0) is 73.4 Å². The lowest BCUT2D eigenvalue weighted by molar-refractivity contribution is -0.136. The van der Waals surface area contributed by atoms with Gasteiger partial charge in [-0.25, -0.2) is 5.43 Å². The van der Waals surface area contributed by atoms with Crippen LogP contribution in [-0.4, -0.2) is 30.5 Å².